The zero-order chi connectivity index (χ0) is 18.5. The largest absolute Gasteiger partial charge is 0.515 e. The predicted molar refractivity (Wildman–Crippen MR) is 98.3 cm³/mol. The summed E-state index contributed by atoms with van der Waals surface area (Å²) in [4.78, 5) is 12.8. The Kier molecular flexibility index (Phi) is 3.90. The van der Waals surface area contributed by atoms with Crippen LogP contribution in [0.4, 0.5) is 0 Å². The molecule has 0 saturated heterocycles. The second kappa shape index (κ2) is 6.01. The van der Waals surface area contributed by atoms with Gasteiger partial charge in [0.2, 0.25) is 0 Å². The minimum absolute atomic E-state index is 0.0571. The quantitative estimate of drug-likeness (QED) is 0.665. The van der Waals surface area contributed by atoms with Crippen molar-refractivity contribution >= 4 is 5.78 Å². The Morgan fingerprint density at radius 1 is 1.42 bits per heavy atom. The maximum atomic E-state index is 12.8. The van der Waals surface area contributed by atoms with E-state index >= 15 is 0 Å². The molecule has 26 heavy (non-hydrogen) atoms. The van der Waals surface area contributed by atoms with Crippen LogP contribution in [0.1, 0.15) is 36.6 Å². The molecule has 2 aromatic rings. The third kappa shape index (κ3) is 2.16. The minimum Gasteiger partial charge on any atom is -0.515 e. The molecule has 0 unspecified atom stereocenters. The molecule has 5 heteroatoms. The smallest absolute Gasteiger partial charge is 0.165 e. The molecule has 2 aliphatic rings. The lowest BCUT2D eigenvalue weighted by atomic mass is 9.52. The van der Waals surface area contributed by atoms with Crippen molar-refractivity contribution in [3.05, 3.63) is 59.1 Å². The third-order valence-electron chi connectivity index (χ3n) is 6.34. The minimum atomic E-state index is -0.394. The number of allylic oxidation sites excluding steroid dienone is 1. The topological polar surface area (TPSA) is 64.3 Å². The number of aryl methyl sites for hydroxylation is 2. The second-order valence-corrected chi connectivity index (χ2v) is 7.47. The van der Waals surface area contributed by atoms with Gasteiger partial charge in [0.25, 0.3) is 0 Å². The molecule has 1 aromatic heterocycles. The van der Waals surface area contributed by atoms with Crippen LogP contribution in [0.3, 0.4) is 0 Å². The number of fused-ring (bicyclic) bond motifs is 3. The first-order valence-corrected chi connectivity index (χ1v) is 9.06. The molecule has 1 saturated carbocycles. The van der Waals surface area contributed by atoms with Crippen molar-refractivity contribution in [2.75, 3.05) is 7.11 Å². The van der Waals surface area contributed by atoms with Crippen molar-refractivity contribution in [1.29, 1.82) is 0 Å². The molecule has 5 nitrogen and oxygen atoms in total. The Hall–Kier alpha value is -2.56. The lowest BCUT2D eigenvalue weighted by Gasteiger charge is -2.50. The van der Waals surface area contributed by atoms with Crippen molar-refractivity contribution in [2.45, 2.75) is 31.6 Å². The zero-order valence-corrected chi connectivity index (χ0v) is 15.4. The maximum Gasteiger partial charge on any atom is 0.165 e. The number of aliphatic hydroxyl groups is 1. The van der Waals surface area contributed by atoms with Crippen LogP contribution in [-0.2, 0) is 23.7 Å². The summed E-state index contributed by atoms with van der Waals surface area (Å²) in [5.74, 6) is 0.857. The number of rotatable bonds is 2. The molecule has 1 fully saturated rings. The van der Waals surface area contributed by atoms with E-state index in [9.17, 15) is 9.90 Å². The van der Waals surface area contributed by atoms with Gasteiger partial charge in [0.1, 0.15) is 5.75 Å². The molecule has 0 radical (unpaired) electrons. The average Bonchev–Trinajstić information content (AvgIpc) is 3.06. The first kappa shape index (κ1) is 16.9. The molecule has 0 spiro atoms. The van der Waals surface area contributed by atoms with Crippen molar-refractivity contribution in [2.24, 2.45) is 18.9 Å². The summed E-state index contributed by atoms with van der Waals surface area (Å²) in [7, 11) is 3.63. The van der Waals surface area contributed by atoms with Crippen LogP contribution in [0.2, 0.25) is 0 Å². The van der Waals surface area contributed by atoms with E-state index in [0.29, 0.717) is 12.0 Å². The van der Waals surface area contributed by atoms with E-state index in [1.54, 1.807) is 7.11 Å². The molecular weight excluding hydrogens is 328 g/mol. The average molecular weight is 352 g/mol. The van der Waals surface area contributed by atoms with Gasteiger partial charge in [0.05, 0.1) is 25.3 Å². The van der Waals surface area contributed by atoms with E-state index in [0.717, 1.165) is 36.1 Å². The van der Waals surface area contributed by atoms with Crippen molar-refractivity contribution < 1.29 is 14.6 Å². The monoisotopic (exact) mass is 352 g/mol. The first-order chi connectivity index (χ1) is 12.5. The molecule has 136 valence electrons. The highest BCUT2D eigenvalue weighted by Crippen LogP contribution is 2.56. The predicted octanol–water partition coefficient (Wildman–Crippen LogP) is 3.33. The summed E-state index contributed by atoms with van der Waals surface area (Å²) in [6.45, 7) is 1.99. The molecule has 1 aromatic carbocycles. The van der Waals surface area contributed by atoms with E-state index in [1.807, 2.05) is 37.0 Å². The van der Waals surface area contributed by atoms with Gasteiger partial charge in [-0.1, -0.05) is 19.1 Å². The molecule has 4 rings (SSSR count). The Morgan fingerprint density at radius 3 is 2.96 bits per heavy atom. The molecule has 1 heterocycles. The van der Waals surface area contributed by atoms with Crippen LogP contribution in [0.25, 0.3) is 0 Å². The van der Waals surface area contributed by atoms with Gasteiger partial charge >= 0.3 is 0 Å². The number of ketones is 1. The number of Topliss-reactive ketones (excluding diaryl/α,β-unsaturated/α-hetero) is 1. The van der Waals surface area contributed by atoms with Gasteiger partial charge in [0.15, 0.2) is 5.78 Å². The van der Waals surface area contributed by atoms with E-state index < -0.39 is 5.41 Å². The fraction of sp³-hybridized carbons (Fsp3) is 0.429. The fourth-order valence-corrected chi connectivity index (χ4v) is 5.19. The van der Waals surface area contributed by atoms with Crippen LogP contribution in [0, 0.1) is 11.8 Å². The highest BCUT2D eigenvalue weighted by atomic mass is 16.5. The summed E-state index contributed by atoms with van der Waals surface area (Å²) in [5, 5.41) is 14.3. The van der Waals surface area contributed by atoms with Gasteiger partial charge in [-0.25, -0.2) is 0 Å². The lowest BCUT2D eigenvalue weighted by Crippen LogP contribution is -2.51. The fourth-order valence-electron chi connectivity index (χ4n) is 5.19. The number of hydrogen-bond acceptors (Lipinski definition) is 4. The number of methoxy groups -OCH3 is 1. The number of aromatic nitrogens is 2. The molecule has 0 amide bonds. The Morgan fingerprint density at radius 2 is 2.23 bits per heavy atom. The maximum absolute atomic E-state index is 12.8. The SMILES string of the molecule is COc1cccc([C@]23CC(=CO)C(=O)[C@@H](C)[C@@H]2CCc2cnn(C)c23)c1. The van der Waals surface area contributed by atoms with Gasteiger partial charge in [0, 0.05) is 24.0 Å². The molecule has 0 bridgehead atoms. The van der Waals surface area contributed by atoms with E-state index in [4.69, 9.17) is 4.74 Å². The number of ether oxygens (including phenoxy) is 1. The summed E-state index contributed by atoms with van der Waals surface area (Å²) in [6, 6.07) is 8.10. The van der Waals surface area contributed by atoms with Gasteiger partial charge in [-0.15, -0.1) is 0 Å². The molecule has 3 atom stereocenters. The van der Waals surface area contributed by atoms with Gasteiger partial charge in [-0.05, 0) is 48.4 Å². The highest BCUT2D eigenvalue weighted by molar-refractivity contribution is 5.98. The first-order valence-electron chi connectivity index (χ1n) is 9.06. The van der Waals surface area contributed by atoms with Gasteiger partial charge < -0.3 is 9.84 Å². The number of carbonyl (C=O) groups is 1. The van der Waals surface area contributed by atoms with Crippen LogP contribution in [0.15, 0.2) is 42.3 Å². The number of benzene rings is 1. The van der Waals surface area contributed by atoms with Crippen molar-refractivity contribution in [1.82, 2.24) is 9.78 Å². The summed E-state index contributed by atoms with van der Waals surface area (Å²) in [5.41, 5.74) is 3.59. The number of aliphatic hydroxyl groups excluding tert-OH is 1. The Bertz CT molecular complexity index is 898. The van der Waals surface area contributed by atoms with E-state index in [1.165, 1.54) is 5.56 Å². The van der Waals surface area contributed by atoms with E-state index in [-0.39, 0.29) is 17.6 Å². The highest BCUT2D eigenvalue weighted by Gasteiger charge is 2.55. The molecule has 0 aliphatic heterocycles. The Labute approximate surface area is 153 Å². The zero-order valence-electron chi connectivity index (χ0n) is 15.4. The van der Waals surface area contributed by atoms with Crippen LogP contribution >= 0.6 is 0 Å². The van der Waals surface area contributed by atoms with Gasteiger partial charge in [-0.2, -0.15) is 5.10 Å². The molecular formula is C21H24N2O3. The number of carbonyl (C=O) groups excluding carboxylic acids is 1. The van der Waals surface area contributed by atoms with Crippen LogP contribution < -0.4 is 4.74 Å². The summed E-state index contributed by atoms with van der Waals surface area (Å²) >= 11 is 0. The van der Waals surface area contributed by atoms with Crippen molar-refractivity contribution in [3.8, 4) is 5.75 Å². The van der Waals surface area contributed by atoms with E-state index in [2.05, 4.69) is 17.2 Å². The lowest BCUT2D eigenvalue weighted by molar-refractivity contribution is -0.123. The third-order valence-corrected chi connectivity index (χ3v) is 6.34. The number of nitrogens with zero attached hydrogens (tertiary/aromatic N) is 2. The number of hydrogen-bond donors (Lipinski definition) is 1. The second-order valence-electron chi connectivity index (χ2n) is 7.47. The summed E-state index contributed by atoms with van der Waals surface area (Å²) in [6.07, 6.45) is 5.28. The van der Waals surface area contributed by atoms with Crippen LogP contribution in [0.5, 0.6) is 5.75 Å². The Balaban J connectivity index is 2.03. The van der Waals surface area contributed by atoms with Crippen LogP contribution in [-0.4, -0.2) is 27.8 Å². The normalized spacial score (nSPS) is 29.3. The van der Waals surface area contributed by atoms with Crippen molar-refractivity contribution in [3.63, 3.8) is 0 Å². The van der Waals surface area contributed by atoms with Gasteiger partial charge in [-0.3, -0.25) is 9.48 Å². The molecule has 1 N–H and O–H groups in total. The molecule has 2 aliphatic carbocycles. The summed E-state index contributed by atoms with van der Waals surface area (Å²) < 4.78 is 7.41. The standard InChI is InChI=1S/C21H24N2O3/c1-13-18-8-7-14-11-22-23(2)20(14)21(18,10-15(12-24)19(13)25)16-5-4-6-17(9-16)26-3/h4-6,9,11-13,18,24H,7-8,10H2,1-3H3/t13-,18-,21+/m0/s1.